The van der Waals surface area contributed by atoms with Crippen molar-refractivity contribution in [2.45, 2.75) is 32.3 Å². The van der Waals surface area contributed by atoms with Gasteiger partial charge in [-0.3, -0.25) is 0 Å². The van der Waals surface area contributed by atoms with Gasteiger partial charge in [0.15, 0.2) is 0 Å². The van der Waals surface area contributed by atoms with Crippen LogP contribution >= 0.6 is 0 Å². The third-order valence-corrected chi connectivity index (χ3v) is 3.76. The zero-order valence-electron chi connectivity index (χ0n) is 12.1. The number of nitrogens with zero attached hydrogens (tertiary/aromatic N) is 1. The molecule has 4 nitrogen and oxygen atoms in total. The lowest BCUT2D eigenvalue weighted by atomic mass is 9.87. The number of hydrogen-bond donors (Lipinski definition) is 1. The van der Waals surface area contributed by atoms with Crippen LogP contribution in [0.2, 0.25) is 0 Å². The van der Waals surface area contributed by atoms with Crippen molar-refractivity contribution in [3.63, 3.8) is 0 Å². The highest BCUT2D eigenvalue weighted by molar-refractivity contribution is 5.92. The predicted octanol–water partition coefficient (Wildman–Crippen LogP) is 2.27. The first kappa shape index (κ1) is 15.1. The summed E-state index contributed by atoms with van der Waals surface area (Å²) in [4.78, 5) is 11.9. The average Bonchev–Trinajstić information content (AvgIpc) is 3.27. The number of esters is 1. The van der Waals surface area contributed by atoms with Crippen molar-refractivity contribution in [2.24, 2.45) is 5.41 Å². The van der Waals surface area contributed by atoms with E-state index in [2.05, 4.69) is 17.9 Å². The molecule has 21 heavy (non-hydrogen) atoms. The van der Waals surface area contributed by atoms with E-state index in [4.69, 9.17) is 10.00 Å². The SMILES string of the molecule is CCOC(=O)c1ccccc1C#C[C@@](C)(O)C1(C#N)CC1. The largest absolute Gasteiger partial charge is 0.462 e. The molecular formula is C17H17NO3. The molecule has 1 atom stereocenters. The smallest absolute Gasteiger partial charge is 0.339 e. The summed E-state index contributed by atoms with van der Waals surface area (Å²) in [7, 11) is 0. The zero-order chi connectivity index (χ0) is 15.5. The first-order valence-electron chi connectivity index (χ1n) is 6.89. The molecule has 0 bridgehead atoms. The molecule has 0 spiro atoms. The van der Waals surface area contributed by atoms with E-state index < -0.39 is 17.0 Å². The van der Waals surface area contributed by atoms with Crippen molar-refractivity contribution >= 4 is 5.97 Å². The Morgan fingerprint density at radius 1 is 1.48 bits per heavy atom. The van der Waals surface area contributed by atoms with Gasteiger partial charge in [-0.05, 0) is 38.8 Å². The van der Waals surface area contributed by atoms with Gasteiger partial charge in [0, 0.05) is 5.56 Å². The van der Waals surface area contributed by atoms with E-state index in [-0.39, 0.29) is 6.61 Å². The average molecular weight is 283 g/mol. The van der Waals surface area contributed by atoms with Crippen LogP contribution in [-0.4, -0.2) is 23.3 Å². The van der Waals surface area contributed by atoms with Gasteiger partial charge in [-0.25, -0.2) is 4.79 Å². The number of rotatable bonds is 3. The van der Waals surface area contributed by atoms with Gasteiger partial charge in [0.25, 0.3) is 0 Å². The third-order valence-electron chi connectivity index (χ3n) is 3.76. The third kappa shape index (κ3) is 2.91. The molecule has 0 saturated heterocycles. The maximum atomic E-state index is 11.9. The van der Waals surface area contributed by atoms with E-state index in [0.717, 1.165) is 0 Å². The molecule has 1 saturated carbocycles. The van der Waals surface area contributed by atoms with Crippen molar-refractivity contribution < 1.29 is 14.6 Å². The molecule has 1 fully saturated rings. The second-order valence-corrected chi connectivity index (χ2v) is 5.28. The second kappa shape index (κ2) is 5.60. The van der Waals surface area contributed by atoms with E-state index in [1.54, 1.807) is 38.1 Å². The number of carbonyl (C=O) groups excluding carboxylic acids is 1. The zero-order valence-corrected chi connectivity index (χ0v) is 12.1. The highest BCUT2D eigenvalue weighted by atomic mass is 16.5. The minimum absolute atomic E-state index is 0.288. The molecule has 0 amide bonds. The fourth-order valence-electron chi connectivity index (χ4n) is 2.12. The van der Waals surface area contributed by atoms with Crippen LogP contribution < -0.4 is 0 Å². The topological polar surface area (TPSA) is 70.3 Å². The second-order valence-electron chi connectivity index (χ2n) is 5.28. The van der Waals surface area contributed by atoms with E-state index in [0.29, 0.717) is 24.0 Å². The maximum Gasteiger partial charge on any atom is 0.339 e. The minimum atomic E-state index is -1.39. The molecule has 4 heteroatoms. The van der Waals surface area contributed by atoms with Crippen LogP contribution in [0.4, 0.5) is 0 Å². The molecule has 1 aliphatic carbocycles. The Kier molecular flexibility index (Phi) is 4.02. The molecule has 108 valence electrons. The van der Waals surface area contributed by atoms with Gasteiger partial charge >= 0.3 is 5.97 Å². The molecule has 1 aliphatic rings. The number of aliphatic hydroxyl groups is 1. The van der Waals surface area contributed by atoms with Crippen molar-refractivity contribution in [2.75, 3.05) is 6.61 Å². The van der Waals surface area contributed by atoms with Gasteiger partial charge in [0.05, 0.1) is 23.7 Å². The van der Waals surface area contributed by atoms with E-state index in [9.17, 15) is 9.90 Å². The van der Waals surface area contributed by atoms with Gasteiger partial charge < -0.3 is 9.84 Å². The number of ether oxygens (including phenoxy) is 1. The van der Waals surface area contributed by atoms with Crippen molar-refractivity contribution in [3.8, 4) is 17.9 Å². The van der Waals surface area contributed by atoms with Crippen LogP contribution in [0.3, 0.4) is 0 Å². The summed E-state index contributed by atoms with van der Waals surface area (Å²) in [5.41, 5.74) is -1.31. The van der Waals surface area contributed by atoms with Crippen LogP contribution in [0.15, 0.2) is 24.3 Å². The first-order valence-corrected chi connectivity index (χ1v) is 6.89. The normalized spacial score (nSPS) is 17.6. The van der Waals surface area contributed by atoms with E-state index >= 15 is 0 Å². The summed E-state index contributed by atoms with van der Waals surface area (Å²) >= 11 is 0. The van der Waals surface area contributed by atoms with Gasteiger partial charge in [0.1, 0.15) is 5.60 Å². The lowest BCUT2D eigenvalue weighted by molar-refractivity contribution is 0.0525. The number of carbonyl (C=O) groups is 1. The lowest BCUT2D eigenvalue weighted by Gasteiger charge is -2.21. The molecule has 0 radical (unpaired) electrons. The van der Waals surface area contributed by atoms with E-state index in [1.165, 1.54) is 0 Å². The summed E-state index contributed by atoms with van der Waals surface area (Å²) in [5, 5.41) is 19.5. The van der Waals surface area contributed by atoms with Crippen LogP contribution in [0.5, 0.6) is 0 Å². The fraction of sp³-hybridized carbons (Fsp3) is 0.412. The molecule has 0 unspecified atom stereocenters. The Bertz CT molecular complexity index is 655. The number of nitriles is 1. The van der Waals surface area contributed by atoms with Gasteiger partial charge in [0.2, 0.25) is 0 Å². The van der Waals surface area contributed by atoms with Gasteiger partial charge in [-0.2, -0.15) is 5.26 Å². The monoisotopic (exact) mass is 283 g/mol. The van der Waals surface area contributed by atoms with Crippen LogP contribution in [-0.2, 0) is 4.74 Å². The van der Waals surface area contributed by atoms with Gasteiger partial charge in [-0.1, -0.05) is 24.0 Å². The van der Waals surface area contributed by atoms with Crippen molar-refractivity contribution in [3.05, 3.63) is 35.4 Å². The quantitative estimate of drug-likeness (QED) is 0.682. The molecule has 1 aromatic rings. The summed E-state index contributed by atoms with van der Waals surface area (Å²) in [5.74, 6) is 5.12. The van der Waals surface area contributed by atoms with Crippen molar-refractivity contribution in [1.82, 2.24) is 0 Å². The molecule has 0 aromatic heterocycles. The van der Waals surface area contributed by atoms with Crippen LogP contribution in [0.1, 0.15) is 42.6 Å². The Morgan fingerprint density at radius 2 is 2.14 bits per heavy atom. The summed E-state index contributed by atoms with van der Waals surface area (Å²) < 4.78 is 4.98. The molecule has 1 N–H and O–H groups in total. The van der Waals surface area contributed by atoms with Crippen LogP contribution in [0.25, 0.3) is 0 Å². The summed E-state index contributed by atoms with van der Waals surface area (Å²) in [6, 6.07) is 8.96. The predicted molar refractivity (Wildman–Crippen MR) is 77.2 cm³/mol. The fourth-order valence-corrected chi connectivity index (χ4v) is 2.12. The Hall–Kier alpha value is -2.30. The number of benzene rings is 1. The standard InChI is InChI=1S/C17H17NO3/c1-3-21-15(19)14-7-5-4-6-13(14)8-9-16(2,20)17(12-18)10-11-17/h4-7,20H,3,10-11H2,1-2H3/t16-/m1/s1. The molecule has 1 aromatic carbocycles. The summed E-state index contributed by atoms with van der Waals surface area (Å²) in [6.07, 6.45) is 1.29. The molecular weight excluding hydrogens is 266 g/mol. The Labute approximate surface area is 124 Å². The number of hydrogen-bond acceptors (Lipinski definition) is 4. The molecule has 0 heterocycles. The van der Waals surface area contributed by atoms with Crippen LogP contribution in [0, 0.1) is 28.6 Å². The lowest BCUT2D eigenvalue weighted by Crippen LogP contribution is -2.33. The van der Waals surface area contributed by atoms with Crippen molar-refractivity contribution in [1.29, 1.82) is 5.26 Å². The Morgan fingerprint density at radius 3 is 2.71 bits per heavy atom. The molecule has 0 aliphatic heterocycles. The van der Waals surface area contributed by atoms with Gasteiger partial charge in [-0.15, -0.1) is 0 Å². The summed E-state index contributed by atoms with van der Waals surface area (Å²) in [6.45, 7) is 3.57. The minimum Gasteiger partial charge on any atom is -0.462 e. The first-order chi connectivity index (χ1) is 9.96. The molecule has 2 rings (SSSR count). The maximum absolute atomic E-state index is 11.9. The highest BCUT2D eigenvalue weighted by Crippen LogP contribution is 2.53. The van der Waals surface area contributed by atoms with E-state index in [1.807, 2.05) is 0 Å². The Balaban J connectivity index is 2.32. The highest BCUT2D eigenvalue weighted by Gasteiger charge is 2.56.